The average Bonchev–Trinajstić information content (AvgIpc) is 2.71. The lowest BCUT2D eigenvalue weighted by atomic mass is 10.0. The molecule has 2 aromatic rings. The van der Waals surface area contributed by atoms with Crippen LogP contribution in [0.3, 0.4) is 0 Å². The van der Waals surface area contributed by atoms with Crippen molar-refractivity contribution in [3.63, 3.8) is 0 Å². The summed E-state index contributed by atoms with van der Waals surface area (Å²) in [5.41, 5.74) is -1.31. The summed E-state index contributed by atoms with van der Waals surface area (Å²) in [6.07, 6.45) is 0.333. The molecule has 0 spiro atoms. The minimum Gasteiger partial charge on any atom is -0.422 e. The van der Waals surface area contributed by atoms with Crippen molar-refractivity contribution in [2.24, 2.45) is 0 Å². The van der Waals surface area contributed by atoms with E-state index in [0.717, 1.165) is 0 Å². The number of sulfone groups is 1. The normalized spacial score (nSPS) is 23.5. The van der Waals surface area contributed by atoms with Crippen LogP contribution in [-0.4, -0.2) is 31.4 Å². The smallest absolute Gasteiger partial charge is 0.349 e. The van der Waals surface area contributed by atoms with Crippen LogP contribution in [0.25, 0.3) is 11.0 Å². The third-order valence-corrected chi connectivity index (χ3v) is 5.71. The zero-order valence-corrected chi connectivity index (χ0v) is 12.8. The van der Waals surface area contributed by atoms with Crippen LogP contribution >= 0.6 is 0 Å². The Morgan fingerprint density at radius 1 is 1.32 bits per heavy atom. The van der Waals surface area contributed by atoms with Gasteiger partial charge in [-0.3, -0.25) is 4.79 Å². The number of nitrogens with one attached hydrogen (secondary N) is 1. The molecule has 1 aromatic carbocycles. The molecule has 0 bridgehead atoms. The van der Waals surface area contributed by atoms with Crippen molar-refractivity contribution >= 4 is 26.7 Å². The minimum atomic E-state index is -3.14. The van der Waals surface area contributed by atoms with Gasteiger partial charge >= 0.3 is 5.63 Å². The Labute approximate surface area is 127 Å². The number of rotatable bonds is 2. The second-order valence-corrected chi connectivity index (χ2v) is 8.03. The number of benzene rings is 1. The first-order chi connectivity index (χ1) is 10.3. The van der Waals surface area contributed by atoms with Gasteiger partial charge in [-0.2, -0.15) is 0 Å². The van der Waals surface area contributed by atoms with Crippen molar-refractivity contribution in [3.05, 3.63) is 46.3 Å². The van der Waals surface area contributed by atoms with Crippen molar-refractivity contribution in [2.45, 2.75) is 18.9 Å². The Morgan fingerprint density at radius 2 is 2.05 bits per heavy atom. The molecule has 1 atom stereocenters. The van der Waals surface area contributed by atoms with Crippen molar-refractivity contribution in [1.82, 2.24) is 5.32 Å². The number of amides is 1. The molecule has 22 heavy (non-hydrogen) atoms. The van der Waals surface area contributed by atoms with E-state index in [-0.39, 0.29) is 17.1 Å². The van der Waals surface area contributed by atoms with Crippen molar-refractivity contribution in [3.8, 4) is 0 Å². The Kier molecular flexibility index (Phi) is 3.32. The number of hydrogen-bond donors (Lipinski definition) is 1. The maximum Gasteiger partial charge on any atom is 0.349 e. The predicted octanol–water partition coefficient (Wildman–Crippen LogP) is 1.10. The van der Waals surface area contributed by atoms with Gasteiger partial charge in [0.15, 0.2) is 9.84 Å². The largest absolute Gasteiger partial charge is 0.422 e. The van der Waals surface area contributed by atoms with Crippen LogP contribution in [0.5, 0.6) is 0 Å². The Balaban J connectivity index is 1.93. The van der Waals surface area contributed by atoms with E-state index in [1.54, 1.807) is 31.2 Å². The van der Waals surface area contributed by atoms with Crippen LogP contribution in [0.2, 0.25) is 0 Å². The average molecular weight is 321 g/mol. The van der Waals surface area contributed by atoms with Gasteiger partial charge in [0.2, 0.25) is 0 Å². The second-order valence-electron chi connectivity index (χ2n) is 5.84. The first-order valence-electron chi connectivity index (χ1n) is 6.84. The van der Waals surface area contributed by atoms with Crippen LogP contribution in [0.15, 0.2) is 39.5 Å². The Bertz CT molecular complexity index is 915. The summed E-state index contributed by atoms with van der Waals surface area (Å²) in [5, 5.41) is 3.29. The molecule has 1 saturated heterocycles. The lowest BCUT2D eigenvalue weighted by Crippen LogP contribution is -2.47. The van der Waals surface area contributed by atoms with Crippen molar-refractivity contribution in [2.75, 3.05) is 11.5 Å². The lowest BCUT2D eigenvalue weighted by molar-refractivity contribution is 0.0912. The molecule has 1 N–H and O–H groups in total. The Morgan fingerprint density at radius 3 is 2.73 bits per heavy atom. The molecular weight excluding hydrogens is 306 g/mol. The first-order valence-corrected chi connectivity index (χ1v) is 8.66. The summed E-state index contributed by atoms with van der Waals surface area (Å²) in [5.74, 6) is -0.695. The maximum atomic E-state index is 12.3. The van der Waals surface area contributed by atoms with Crippen molar-refractivity contribution in [1.29, 1.82) is 0 Å². The van der Waals surface area contributed by atoms with Gasteiger partial charge in [0.1, 0.15) is 11.1 Å². The molecule has 0 radical (unpaired) electrons. The third kappa shape index (κ3) is 2.76. The predicted molar refractivity (Wildman–Crippen MR) is 81.6 cm³/mol. The third-order valence-electron chi connectivity index (χ3n) is 3.80. The molecule has 7 heteroatoms. The molecule has 1 fully saturated rings. The SMILES string of the molecule is C[C@]1(NC(=O)c2cc3ccccc3oc2=O)CCS(=O)(=O)C1. The van der Waals surface area contributed by atoms with Crippen LogP contribution in [0, 0.1) is 0 Å². The van der Waals surface area contributed by atoms with Gasteiger partial charge in [0, 0.05) is 5.39 Å². The van der Waals surface area contributed by atoms with Gasteiger partial charge in [0.05, 0.1) is 17.0 Å². The number of carbonyl (C=O) groups is 1. The van der Waals surface area contributed by atoms with E-state index >= 15 is 0 Å². The van der Waals surface area contributed by atoms with E-state index in [1.807, 2.05) is 0 Å². The van der Waals surface area contributed by atoms with Gasteiger partial charge in [-0.25, -0.2) is 13.2 Å². The standard InChI is InChI=1S/C15H15NO5S/c1-15(6-7-22(19,20)9-15)16-13(17)11-8-10-4-2-3-5-12(10)21-14(11)18/h2-5,8H,6-7,9H2,1H3,(H,16,17)/t15-/m0/s1. The summed E-state index contributed by atoms with van der Waals surface area (Å²) >= 11 is 0. The number of carbonyl (C=O) groups excluding carboxylic acids is 1. The molecule has 1 aliphatic rings. The fourth-order valence-electron chi connectivity index (χ4n) is 2.67. The van der Waals surface area contributed by atoms with Crippen LogP contribution in [0.4, 0.5) is 0 Å². The molecule has 0 unspecified atom stereocenters. The molecule has 1 amide bonds. The second kappa shape index (κ2) is 4.95. The van der Waals surface area contributed by atoms with E-state index in [9.17, 15) is 18.0 Å². The van der Waals surface area contributed by atoms with Gasteiger partial charge in [-0.1, -0.05) is 18.2 Å². The van der Waals surface area contributed by atoms with Crippen LogP contribution in [-0.2, 0) is 9.84 Å². The number of fused-ring (bicyclic) bond motifs is 1. The van der Waals surface area contributed by atoms with E-state index in [1.165, 1.54) is 6.07 Å². The van der Waals surface area contributed by atoms with E-state index in [4.69, 9.17) is 4.42 Å². The summed E-state index contributed by atoms with van der Waals surface area (Å²) < 4.78 is 28.3. The first kappa shape index (κ1) is 14.8. The van der Waals surface area contributed by atoms with Crippen LogP contribution < -0.4 is 10.9 Å². The quantitative estimate of drug-likeness (QED) is 0.836. The molecule has 116 valence electrons. The summed E-state index contributed by atoms with van der Waals surface area (Å²) in [7, 11) is -3.14. The monoisotopic (exact) mass is 321 g/mol. The van der Waals surface area contributed by atoms with E-state index < -0.39 is 26.9 Å². The number of hydrogen-bond acceptors (Lipinski definition) is 5. The zero-order chi connectivity index (χ0) is 16.0. The molecular formula is C15H15NO5S. The highest BCUT2D eigenvalue weighted by atomic mass is 32.2. The van der Waals surface area contributed by atoms with Crippen molar-refractivity contribution < 1.29 is 17.6 Å². The minimum absolute atomic E-state index is 0.0378. The number of para-hydroxylation sites is 1. The van der Waals surface area contributed by atoms with Gasteiger partial charge in [-0.15, -0.1) is 0 Å². The molecule has 3 rings (SSSR count). The lowest BCUT2D eigenvalue weighted by Gasteiger charge is -2.23. The molecule has 2 heterocycles. The fraction of sp³-hybridized carbons (Fsp3) is 0.333. The van der Waals surface area contributed by atoms with Gasteiger partial charge < -0.3 is 9.73 Å². The molecule has 6 nitrogen and oxygen atoms in total. The highest BCUT2D eigenvalue weighted by Gasteiger charge is 2.39. The molecule has 0 saturated carbocycles. The topological polar surface area (TPSA) is 93.4 Å². The molecule has 1 aliphatic heterocycles. The highest BCUT2D eigenvalue weighted by Crippen LogP contribution is 2.23. The maximum absolute atomic E-state index is 12.3. The molecule has 0 aliphatic carbocycles. The summed E-state index contributed by atoms with van der Waals surface area (Å²) in [4.78, 5) is 24.2. The van der Waals surface area contributed by atoms with Gasteiger partial charge in [0.25, 0.3) is 5.91 Å². The zero-order valence-electron chi connectivity index (χ0n) is 12.0. The summed E-state index contributed by atoms with van der Waals surface area (Å²) in [6.45, 7) is 1.66. The van der Waals surface area contributed by atoms with E-state index in [0.29, 0.717) is 17.4 Å². The summed E-state index contributed by atoms with van der Waals surface area (Å²) in [6, 6.07) is 8.34. The van der Waals surface area contributed by atoms with E-state index in [2.05, 4.69) is 5.32 Å². The van der Waals surface area contributed by atoms with Crippen LogP contribution in [0.1, 0.15) is 23.7 Å². The highest BCUT2D eigenvalue weighted by molar-refractivity contribution is 7.91. The molecule has 1 aromatic heterocycles. The van der Waals surface area contributed by atoms with Gasteiger partial charge in [-0.05, 0) is 25.5 Å². The Hall–Kier alpha value is -2.15. The fourth-order valence-corrected chi connectivity index (χ4v) is 4.76.